The Bertz CT molecular complexity index is 754. The molecule has 1 heterocycles. The van der Waals surface area contributed by atoms with E-state index in [1.807, 2.05) is 37.2 Å². The van der Waals surface area contributed by atoms with Crippen LogP contribution in [0.2, 0.25) is 0 Å². The third-order valence-corrected chi connectivity index (χ3v) is 5.31. The van der Waals surface area contributed by atoms with Crippen LogP contribution in [0.25, 0.3) is 0 Å². The molecular formula is C20H29N5OS. The second-order valence-electron chi connectivity index (χ2n) is 6.93. The minimum atomic E-state index is 0.580. The predicted octanol–water partition coefficient (Wildman–Crippen LogP) is 3.25. The summed E-state index contributed by atoms with van der Waals surface area (Å²) in [6.45, 7) is 4.92. The minimum Gasteiger partial charge on any atom is -0.493 e. The van der Waals surface area contributed by atoms with Crippen molar-refractivity contribution in [1.29, 1.82) is 0 Å². The first-order chi connectivity index (χ1) is 13.2. The van der Waals surface area contributed by atoms with Crippen molar-refractivity contribution in [2.45, 2.75) is 32.9 Å². The van der Waals surface area contributed by atoms with E-state index >= 15 is 0 Å². The summed E-state index contributed by atoms with van der Waals surface area (Å²) in [6, 6.07) is 8.17. The number of nitrogens with zero attached hydrogens (tertiary/aromatic N) is 3. The molecule has 0 aliphatic heterocycles. The summed E-state index contributed by atoms with van der Waals surface area (Å²) in [5.74, 6) is 2.47. The molecule has 0 radical (unpaired) electrons. The van der Waals surface area contributed by atoms with Gasteiger partial charge in [-0.3, -0.25) is 0 Å². The molecule has 0 spiro atoms. The van der Waals surface area contributed by atoms with Gasteiger partial charge in [0.05, 0.1) is 25.4 Å². The fourth-order valence-electron chi connectivity index (χ4n) is 2.53. The number of ether oxygens (including phenoxy) is 1. The first kappa shape index (κ1) is 19.5. The van der Waals surface area contributed by atoms with Gasteiger partial charge in [0.2, 0.25) is 0 Å². The van der Waals surface area contributed by atoms with Crippen molar-refractivity contribution in [3.63, 3.8) is 0 Å². The number of para-hydroxylation sites is 1. The quantitative estimate of drug-likeness (QED) is 0.511. The van der Waals surface area contributed by atoms with E-state index in [1.54, 1.807) is 11.3 Å². The van der Waals surface area contributed by atoms with E-state index in [1.165, 1.54) is 12.8 Å². The summed E-state index contributed by atoms with van der Waals surface area (Å²) in [5.41, 5.74) is 2.13. The van der Waals surface area contributed by atoms with Gasteiger partial charge in [0.25, 0.3) is 0 Å². The van der Waals surface area contributed by atoms with E-state index in [-0.39, 0.29) is 0 Å². The van der Waals surface area contributed by atoms with E-state index < -0.39 is 0 Å². The predicted molar refractivity (Wildman–Crippen MR) is 113 cm³/mol. The molecule has 6 nitrogen and oxygen atoms in total. The smallest absolute Gasteiger partial charge is 0.191 e. The number of hydrogen-bond donors (Lipinski definition) is 2. The van der Waals surface area contributed by atoms with E-state index in [0.29, 0.717) is 13.1 Å². The van der Waals surface area contributed by atoms with Crippen LogP contribution >= 0.6 is 11.3 Å². The number of nitrogens with one attached hydrogen (secondary N) is 2. The third-order valence-electron chi connectivity index (χ3n) is 4.25. The number of guanidine groups is 1. The SMILES string of the molecule is CCNC(=NCc1ccccc1OCC1CC1)NCc1csc(N(C)C)n1. The largest absolute Gasteiger partial charge is 0.493 e. The lowest BCUT2D eigenvalue weighted by Gasteiger charge is -2.12. The Morgan fingerprint density at radius 3 is 2.81 bits per heavy atom. The molecule has 27 heavy (non-hydrogen) atoms. The van der Waals surface area contributed by atoms with Gasteiger partial charge in [0.15, 0.2) is 11.1 Å². The first-order valence-electron chi connectivity index (χ1n) is 9.50. The summed E-state index contributed by atoms with van der Waals surface area (Å²) >= 11 is 1.65. The highest BCUT2D eigenvalue weighted by Gasteiger charge is 2.22. The highest BCUT2D eigenvalue weighted by atomic mass is 32.1. The molecule has 2 N–H and O–H groups in total. The normalized spacial score (nSPS) is 14.1. The Balaban J connectivity index is 1.59. The Labute approximate surface area is 165 Å². The minimum absolute atomic E-state index is 0.580. The summed E-state index contributed by atoms with van der Waals surface area (Å²) in [7, 11) is 4.01. The van der Waals surface area contributed by atoms with Crippen LogP contribution in [0.3, 0.4) is 0 Å². The van der Waals surface area contributed by atoms with E-state index in [0.717, 1.165) is 47.2 Å². The zero-order valence-electron chi connectivity index (χ0n) is 16.4. The van der Waals surface area contributed by atoms with Crippen LogP contribution in [-0.2, 0) is 13.1 Å². The summed E-state index contributed by atoms with van der Waals surface area (Å²) < 4.78 is 5.98. The van der Waals surface area contributed by atoms with Gasteiger partial charge in [0, 0.05) is 31.6 Å². The number of thiazole rings is 1. The molecule has 3 rings (SSSR count). The molecule has 7 heteroatoms. The maximum Gasteiger partial charge on any atom is 0.191 e. The van der Waals surface area contributed by atoms with E-state index in [9.17, 15) is 0 Å². The lowest BCUT2D eigenvalue weighted by atomic mass is 10.2. The van der Waals surface area contributed by atoms with Crippen molar-refractivity contribution < 1.29 is 4.74 Å². The van der Waals surface area contributed by atoms with Crippen molar-refractivity contribution >= 4 is 22.4 Å². The molecule has 0 atom stereocenters. The fraction of sp³-hybridized carbons (Fsp3) is 0.500. The molecule has 1 aromatic heterocycles. The zero-order valence-corrected chi connectivity index (χ0v) is 17.2. The maximum absolute atomic E-state index is 5.98. The average molecular weight is 388 g/mol. The van der Waals surface area contributed by atoms with Crippen LogP contribution in [0.5, 0.6) is 5.75 Å². The van der Waals surface area contributed by atoms with Gasteiger partial charge in [-0.2, -0.15) is 0 Å². The van der Waals surface area contributed by atoms with Gasteiger partial charge in [-0.25, -0.2) is 9.98 Å². The van der Waals surface area contributed by atoms with Crippen molar-refractivity contribution in [2.24, 2.45) is 10.9 Å². The molecular weight excluding hydrogens is 358 g/mol. The third kappa shape index (κ3) is 6.13. The van der Waals surface area contributed by atoms with Gasteiger partial charge in [0.1, 0.15) is 5.75 Å². The maximum atomic E-state index is 5.98. The molecule has 1 fully saturated rings. The molecule has 2 aromatic rings. The van der Waals surface area contributed by atoms with Gasteiger partial charge in [-0.1, -0.05) is 18.2 Å². The molecule has 0 bridgehead atoms. The number of aromatic nitrogens is 1. The Morgan fingerprint density at radius 2 is 2.11 bits per heavy atom. The van der Waals surface area contributed by atoms with Crippen LogP contribution in [0, 0.1) is 5.92 Å². The Hall–Kier alpha value is -2.28. The lowest BCUT2D eigenvalue weighted by Crippen LogP contribution is -2.36. The molecule has 0 unspecified atom stereocenters. The highest BCUT2D eigenvalue weighted by Crippen LogP contribution is 2.30. The van der Waals surface area contributed by atoms with Gasteiger partial charge < -0.3 is 20.3 Å². The van der Waals surface area contributed by atoms with Gasteiger partial charge in [-0.05, 0) is 31.7 Å². The summed E-state index contributed by atoms with van der Waals surface area (Å²) in [4.78, 5) is 11.3. The number of anilines is 1. The fourth-order valence-corrected chi connectivity index (χ4v) is 3.29. The average Bonchev–Trinajstić information content (AvgIpc) is 3.37. The molecule has 1 aromatic carbocycles. The van der Waals surface area contributed by atoms with E-state index in [4.69, 9.17) is 9.73 Å². The molecule has 0 amide bonds. The van der Waals surface area contributed by atoms with Crippen LogP contribution in [0.15, 0.2) is 34.6 Å². The highest BCUT2D eigenvalue weighted by molar-refractivity contribution is 7.13. The van der Waals surface area contributed by atoms with E-state index in [2.05, 4.69) is 34.0 Å². The molecule has 0 saturated heterocycles. The van der Waals surface area contributed by atoms with Crippen molar-refractivity contribution in [1.82, 2.24) is 15.6 Å². The van der Waals surface area contributed by atoms with Crippen molar-refractivity contribution in [2.75, 3.05) is 32.1 Å². The summed E-state index contributed by atoms with van der Waals surface area (Å²) in [6.07, 6.45) is 2.59. The second-order valence-corrected chi connectivity index (χ2v) is 7.76. The number of benzene rings is 1. The Morgan fingerprint density at radius 1 is 1.30 bits per heavy atom. The molecule has 146 valence electrons. The van der Waals surface area contributed by atoms with Crippen LogP contribution in [-0.4, -0.2) is 38.2 Å². The first-order valence-corrected chi connectivity index (χ1v) is 10.4. The van der Waals surface area contributed by atoms with Crippen LogP contribution < -0.4 is 20.3 Å². The van der Waals surface area contributed by atoms with Crippen LogP contribution in [0.4, 0.5) is 5.13 Å². The van der Waals surface area contributed by atoms with Gasteiger partial charge >= 0.3 is 0 Å². The molecule has 1 aliphatic rings. The molecule has 1 aliphatic carbocycles. The molecule has 1 saturated carbocycles. The summed E-state index contributed by atoms with van der Waals surface area (Å²) in [5, 5.41) is 9.74. The number of aliphatic imine (C=N–C) groups is 1. The lowest BCUT2D eigenvalue weighted by molar-refractivity contribution is 0.297. The monoisotopic (exact) mass is 387 g/mol. The van der Waals surface area contributed by atoms with Gasteiger partial charge in [-0.15, -0.1) is 11.3 Å². The number of hydrogen-bond acceptors (Lipinski definition) is 5. The Kier molecular flexibility index (Phi) is 6.92. The zero-order chi connectivity index (χ0) is 19.1. The van der Waals surface area contributed by atoms with Crippen molar-refractivity contribution in [3.8, 4) is 5.75 Å². The van der Waals surface area contributed by atoms with Crippen LogP contribution in [0.1, 0.15) is 31.0 Å². The number of rotatable bonds is 9. The van der Waals surface area contributed by atoms with Crippen molar-refractivity contribution in [3.05, 3.63) is 40.9 Å². The topological polar surface area (TPSA) is 61.8 Å². The second kappa shape index (κ2) is 9.60. The standard InChI is InChI=1S/C20H29N5OS/c1-4-21-19(23-12-17-14-27-20(24-17)25(2)3)22-11-16-7-5-6-8-18(16)26-13-15-9-10-15/h5-8,14-15H,4,9-13H2,1-3H3,(H2,21,22,23).